The Morgan fingerprint density at radius 3 is 1.32 bits per heavy atom. The Kier molecular flexibility index (Phi) is 19.6. The molecule has 0 aromatic heterocycles. The van der Waals surface area contributed by atoms with Crippen molar-refractivity contribution >= 4 is 11.9 Å². The lowest BCUT2D eigenvalue weighted by Crippen LogP contribution is -3.00. The monoisotopic (exact) mass is 339 g/mol. The lowest BCUT2D eigenvalue weighted by atomic mass is 10.1. The standard InChI is InChI=1S/C10H18O4.C5H14NO.ClH/c11-9(12)7-5-3-1-2-4-6-8-10(13)14;1-6(2,3)4-5-7;/h1-8H2,(H,11,12)(H,13,14);7H,4-5H2,1-3H3;1H/q;+1;/p-3. The Hall–Kier alpha value is -0.850. The van der Waals surface area contributed by atoms with Gasteiger partial charge in [0.05, 0.1) is 27.7 Å². The molecule has 0 aliphatic carbocycles. The predicted octanol–water partition coefficient (Wildman–Crippen LogP) is -3.70. The van der Waals surface area contributed by atoms with E-state index < -0.39 is 11.9 Å². The molecule has 0 aliphatic rings. The van der Waals surface area contributed by atoms with Gasteiger partial charge in [0.1, 0.15) is 6.54 Å². The van der Waals surface area contributed by atoms with Crippen LogP contribution in [0.1, 0.15) is 51.4 Å². The van der Waals surface area contributed by atoms with Crippen molar-refractivity contribution in [2.24, 2.45) is 0 Å². The zero-order valence-corrected chi connectivity index (χ0v) is 14.7. The van der Waals surface area contributed by atoms with E-state index in [0.29, 0.717) is 12.8 Å². The molecule has 0 rings (SSSR count). The first-order valence-corrected chi connectivity index (χ1v) is 7.50. The van der Waals surface area contributed by atoms with Gasteiger partial charge in [0, 0.05) is 11.9 Å². The van der Waals surface area contributed by atoms with E-state index >= 15 is 0 Å². The number of likely N-dealkylation sites (N-methyl/N-ethyl adjacent to an activating group) is 1. The van der Waals surface area contributed by atoms with Crippen molar-refractivity contribution in [2.45, 2.75) is 51.4 Å². The van der Waals surface area contributed by atoms with E-state index in [1.807, 2.05) is 0 Å². The summed E-state index contributed by atoms with van der Waals surface area (Å²) in [5.41, 5.74) is 0. The van der Waals surface area contributed by atoms with Crippen LogP contribution in [-0.4, -0.2) is 55.8 Å². The highest BCUT2D eigenvalue weighted by atomic mass is 35.5. The van der Waals surface area contributed by atoms with Crippen molar-refractivity contribution in [3.05, 3.63) is 0 Å². The number of hydrogen-bond donors (Lipinski definition) is 1. The number of aliphatic carboxylic acids is 2. The highest BCUT2D eigenvalue weighted by Crippen LogP contribution is 2.07. The number of carbonyl (C=O) groups excluding carboxylic acids is 2. The highest BCUT2D eigenvalue weighted by Gasteiger charge is 2.02. The Labute approximate surface area is 140 Å². The normalized spacial score (nSPS) is 10.2. The van der Waals surface area contributed by atoms with Gasteiger partial charge in [-0.1, -0.05) is 25.7 Å². The third-order valence-corrected chi connectivity index (χ3v) is 2.78. The average Bonchev–Trinajstić information content (AvgIpc) is 2.31. The van der Waals surface area contributed by atoms with E-state index in [-0.39, 0.29) is 31.9 Å². The minimum Gasteiger partial charge on any atom is -1.00 e. The van der Waals surface area contributed by atoms with Crippen LogP contribution in [-0.2, 0) is 9.59 Å². The molecule has 22 heavy (non-hydrogen) atoms. The molecule has 134 valence electrons. The first kappa shape index (κ1) is 26.1. The number of unbranched alkanes of at least 4 members (excludes halogenated alkanes) is 5. The van der Waals surface area contributed by atoms with E-state index in [0.717, 1.165) is 36.7 Å². The summed E-state index contributed by atoms with van der Waals surface area (Å²) in [6.45, 7) is 1.11. The lowest BCUT2D eigenvalue weighted by Gasteiger charge is -2.21. The van der Waals surface area contributed by atoms with Gasteiger partial charge in [-0.25, -0.2) is 0 Å². The molecule has 0 spiro atoms. The number of carboxylic acids is 2. The van der Waals surface area contributed by atoms with Gasteiger partial charge in [0.25, 0.3) is 0 Å². The molecule has 0 aliphatic heterocycles. The maximum atomic E-state index is 10.0. The summed E-state index contributed by atoms with van der Waals surface area (Å²) in [6.07, 6.45) is 5.23. The fourth-order valence-electron chi connectivity index (χ4n) is 1.55. The van der Waals surface area contributed by atoms with E-state index in [4.69, 9.17) is 5.11 Å². The summed E-state index contributed by atoms with van der Waals surface area (Å²) >= 11 is 0. The molecule has 0 amide bonds. The quantitative estimate of drug-likeness (QED) is 0.308. The lowest BCUT2D eigenvalue weighted by molar-refractivity contribution is -0.870. The number of halogens is 1. The van der Waals surface area contributed by atoms with Gasteiger partial charge in [-0.2, -0.15) is 0 Å². The number of carbonyl (C=O) groups is 2. The molecule has 0 saturated heterocycles. The SMILES string of the molecule is C[N+](C)(C)CCO.O=C([O-])CCCCCCCCC(=O)[O-].[Cl-]. The number of rotatable bonds is 11. The maximum Gasteiger partial charge on any atom is 0.101 e. The summed E-state index contributed by atoms with van der Waals surface area (Å²) in [5.74, 6) is -2.00. The van der Waals surface area contributed by atoms with Crippen molar-refractivity contribution in [1.29, 1.82) is 0 Å². The van der Waals surface area contributed by atoms with Crippen LogP contribution in [0, 0.1) is 0 Å². The van der Waals surface area contributed by atoms with Crippen molar-refractivity contribution in [3.8, 4) is 0 Å². The summed E-state index contributed by atoms with van der Waals surface area (Å²) in [6, 6.07) is 0. The topological polar surface area (TPSA) is 100 Å². The third kappa shape index (κ3) is 31.5. The molecule has 7 heteroatoms. The van der Waals surface area contributed by atoms with Crippen molar-refractivity contribution in [3.63, 3.8) is 0 Å². The largest absolute Gasteiger partial charge is 1.00 e. The van der Waals surface area contributed by atoms with Crippen LogP contribution in [0.15, 0.2) is 0 Å². The zero-order valence-electron chi connectivity index (χ0n) is 14.0. The number of aliphatic hydroxyl groups excluding tert-OH is 1. The first-order valence-electron chi connectivity index (χ1n) is 7.50. The van der Waals surface area contributed by atoms with E-state index in [1.54, 1.807) is 0 Å². The molecule has 0 unspecified atom stereocenters. The number of carboxylic acid groups (broad SMARTS) is 2. The zero-order chi connectivity index (χ0) is 16.7. The molecule has 0 heterocycles. The van der Waals surface area contributed by atoms with Crippen LogP contribution in [0.25, 0.3) is 0 Å². The van der Waals surface area contributed by atoms with Crippen LogP contribution in [0.5, 0.6) is 0 Å². The molecule has 0 aromatic carbocycles. The smallest absolute Gasteiger partial charge is 0.101 e. The van der Waals surface area contributed by atoms with Crippen molar-refractivity contribution < 1.29 is 41.8 Å². The summed E-state index contributed by atoms with van der Waals surface area (Å²) in [5, 5.41) is 28.4. The molecular weight excluding hydrogens is 310 g/mol. The minimum atomic E-state index is -0.998. The Balaban J connectivity index is -0.000000385. The molecule has 0 radical (unpaired) electrons. The molecule has 1 N–H and O–H groups in total. The van der Waals surface area contributed by atoms with Gasteiger partial charge < -0.3 is 41.8 Å². The fourth-order valence-corrected chi connectivity index (χ4v) is 1.55. The van der Waals surface area contributed by atoms with E-state index in [1.165, 1.54) is 0 Å². The van der Waals surface area contributed by atoms with Crippen molar-refractivity contribution in [1.82, 2.24) is 0 Å². The number of hydrogen-bond acceptors (Lipinski definition) is 5. The van der Waals surface area contributed by atoms with E-state index in [2.05, 4.69) is 21.1 Å². The van der Waals surface area contributed by atoms with Gasteiger partial charge >= 0.3 is 0 Å². The Bertz CT molecular complexity index is 260. The minimum absolute atomic E-state index is 0. The van der Waals surface area contributed by atoms with Crippen LogP contribution < -0.4 is 22.6 Å². The van der Waals surface area contributed by atoms with E-state index in [9.17, 15) is 19.8 Å². The Morgan fingerprint density at radius 2 is 1.14 bits per heavy atom. The number of aliphatic hydroxyl groups is 1. The average molecular weight is 340 g/mol. The summed E-state index contributed by atoms with van der Waals surface area (Å²) in [4.78, 5) is 20.1. The number of nitrogens with zero attached hydrogens (tertiary/aromatic N) is 1. The van der Waals surface area contributed by atoms with Gasteiger partial charge in [-0.15, -0.1) is 0 Å². The highest BCUT2D eigenvalue weighted by molar-refractivity contribution is 5.64. The van der Waals surface area contributed by atoms with Gasteiger partial charge in [-0.3, -0.25) is 0 Å². The van der Waals surface area contributed by atoms with Crippen LogP contribution in [0.2, 0.25) is 0 Å². The molecule has 0 atom stereocenters. The first-order chi connectivity index (χ1) is 9.69. The van der Waals surface area contributed by atoms with Crippen molar-refractivity contribution in [2.75, 3.05) is 34.3 Å². The van der Waals surface area contributed by atoms with Crippen LogP contribution in [0.3, 0.4) is 0 Å². The molecule has 0 bridgehead atoms. The van der Waals surface area contributed by atoms with Crippen LogP contribution >= 0.6 is 0 Å². The molecule has 0 fully saturated rings. The maximum absolute atomic E-state index is 10.0. The second-order valence-electron chi connectivity index (χ2n) is 6.10. The predicted molar refractivity (Wildman–Crippen MR) is 76.9 cm³/mol. The summed E-state index contributed by atoms with van der Waals surface area (Å²) < 4.78 is 0.844. The molecule has 0 saturated carbocycles. The van der Waals surface area contributed by atoms with Gasteiger partial charge in [0.2, 0.25) is 0 Å². The molecule has 6 nitrogen and oxygen atoms in total. The van der Waals surface area contributed by atoms with Gasteiger partial charge in [0.15, 0.2) is 0 Å². The summed E-state index contributed by atoms with van der Waals surface area (Å²) in [7, 11) is 6.16. The third-order valence-electron chi connectivity index (χ3n) is 2.78. The number of quaternary nitrogens is 1. The second-order valence-corrected chi connectivity index (χ2v) is 6.10. The fraction of sp³-hybridized carbons (Fsp3) is 0.867. The molecular formula is C15H30ClNO5-2. The van der Waals surface area contributed by atoms with Gasteiger partial charge in [-0.05, 0) is 25.7 Å². The van der Waals surface area contributed by atoms with Crippen LogP contribution in [0.4, 0.5) is 0 Å². The Morgan fingerprint density at radius 1 is 0.818 bits per heavy atom. The second kappa shape index (κ2) is 16.5. The molecule has 0 aromatic rings.